The Kier molecular flexibility index (Phi) is 7.78. The van der Waals surface area contributed by atoms with E-state index in [-0.39, 0.29) is 0 Å². The summed E-state index contributed by atoms with van der Waals surface area (Å²) in [6, 6.07) is 12.1. The number of rotatable bonds is 4. The molecule has 3 nitrogen and oxygen atoms in total. The van der Waals surface area contributed by atoms with Gasteiger partial charge in [-0.15, -0.1) is 0 Å². The monoisotopic (exact) mass is 407 g/mol. The van der Waals surface area contributed by atoms with E-state index in [1.165, 1.54) is 101 Å². The molecule has 0 atom stereocenters. The molecule has 2 fully saturated rings. The van der Waals surface area contributed by atoms with Gasteiger partial charge in [-0.25, -0.2) is 0 Å². The van der Waals surface area contributed by atoms with E-state index in [0.717, 1.165) is 18.1 Å². The van der Waals surface area contributed by atoms with Gasteiger partial charge >= 0.3 is 0 Å². The van der Waals surface area contributed by atoms with Crippen molar-refractivity contribution in [1.29, 1.82) is 0 Å². The van der Waals surface area contributed by atoms with Gasteiger partial charge in [0.1, 0.15) is 0 Å². The molecular formula is C27H41N3. The second-order valence-electron chi connectivity index (χ2n) is 9.94. The highest BCUT2D eigenvalue weighted by Gasteiger charge is 2.23. The van der Waals surface area contributed by atoms with Gasteiger partial charge in [0.2, 0.25) is 0 Å². The van der Waals surface area contributed by atoms with Gasteiger partial charge in [-0.1, -0.05) is 70.9 Å². The van der Waals surface area contributed by atoms with Crippen LogP contribution in [0.4, 0.5) is 0 Å². The number of hydrogen-bond acceptors (Lipinski definition) is 3. The van der Waals surface area contributed by atoms with Crippen LogP contribution in [-0.2, 0) is 6.54 Å². The highest BCUT2D eigenvalue weighted by atomic mass is 15.3. The molecule has 1 aliphatic carbocycles. The first-order chi connectivity index (χ1) is 14.7. The van der Waals surface area contributed by atoms with Crippen molar-refractivity contribution in [3.8, 4) is 0 Å². The first-order valence-corrected chi connectivity index (χ1v) is 12.5. The van der Waals surface area contributed by atoms with Crippen LogP contribution in [-0.4, -0.2) is 47.0 Å². The van der Waals surface area contributed by atoms with E-state index in [1.807, 2.05) is 0 Å². The van der Waals surface area contributed by atoms with E-state index in [0.29, 0.717) is 5.92 Å². The average molecular weight is 408 g/mol. The molecule has 2 aromatic rings. The summed E-state index contributed by atoms with van der Waals surface area (Å²) in [5.41, 5.74) is 3.74. The number of pyridine rings is 1. The third-order valence-electron chi connectivity index (χ3n) is 7.27. The average Bonchev–Trinajstić information content (AvgIpc) is 2.77. The minimum atomic E-state index is 0.483. The number of hydrogen-bond donors (Lipinski definition) is 0. The van der Waals surface area contributed by atoms with Gasteiger partial charge in [0, 0.05) is 49.8 Å². The van der Waals surface area contributed by atoms with Crippen LogP contribution in [0.25, 0.3) is 10.9 Å². The Morgan fingerprint density at radius 2 is 1.50 bits per heavy atom. The Balaban J connectivity index is 1.31. The van der Waals surface area contributed by atoms with Gasteiger partial charge in [-0.2, -0.15) is 0 Å². The summed E-state index contributed by atoms with van der Waals surface area (Å²) in [6.07, 6.45) is 13.0. The number of aromatic nitrogens is 1. The minimum Gasteiger partial charge on any atom is -0.298 e. The fourth-order valence-corrected chi connectivity index (χ4v) is 5.31. The quantitative estimate of drug-likeness (QED) is 0.587. The topological polar surface area (TPSA) is 19.4 Å². The molecule has 0 unspecified atom stereocenters. The minimum absolute atomic E-state index is 0.483. The van der Waals surface area contributed by atoms with Crippen molar-refractivity contribution >= 4 is 10.9 Å². The van der Waals surface area contributed by atoms with Crippen molar-refractivity contribution < 1.29 is 0 Å². The molecule has 2 aliphatic rings. The Bertz CT molecular complexity index is 782. The summed E-state index contributed by atoms with van der Waals surface area (Å²) in [5.74, 6) is 0.483. The predicted octanol–water partition coefficient (Wildman–Crippen LogP) is 6.37. The third kappa shape index (κ3) is 5.82. The molecule has 164 valence electrons. The number of nitrogens with zero attached hydrogens (tertiary/aromatic N) is 3. The van der Waals surface area contributed by atoms with E-state index in [2.05, 4.69) is 54.0 Å². The Labute approximate surface area is 183 Å². The third-order valence-corrected chi connectivity index (χ3v) is 7.27. The molecule has 0 spiro atoms. The van der Waals surface area contributed by atoms with Crippen LogP contribution >= 0.6 is 0 Å². The fourth-order valence-electron chi connectivity index (χ4n) is 5.31. The molecule has 4 rings (SSSR count). The molecule has 0 N–H and O–H groups in total. The summed E-state index contributed by atoms with van der Waals surface area (Å²) in [5, 5.41) is 1.28. The summed E-state index contributed by atoms with van der Waals surface area (Å²) >= 11 is 0. The molecule has 2 heterocycles. The smallest absolute Gasteiger partial charge is 0.0705 e. The predicted molar refractivity (Wildman–Crippen MR) is 128 cm³/mol. The lowest BCUT2D eigenvalue weighted by Gasteiger charge is -2.40. The molecule has 0 amide bonds. The zero-order valence-corrected chi connectivity index (χ0v) is 19.3. The molecule has 1 aliphatic heterocycles. The molecule has 1 saturated carbocycles. The molecule has 0 bridgehead atoms. The second kappa shape index (κ2) is 10.7. The Morgan fingerprint density at radius 3 is 2.17 bits per heavy atom. The number of piperazine rings is 1. The van der Waals surface area contributed by atoms with Gasteiger partial charge in [0.25, 0.3) is 0 Å². The summed E-state index contributed by atoms with van der Waals surface area (Å²) in [4.78, 5) is 10.3. The highest BCUT2D eigenvalue weighted by molar-refractivity contribution is 5.79. The van der Waals surface area contributed by atoms with E-state index < -0.39 is 0 Å². The molecule has 0 radical (unpaired) electrons. The van der Waals surface area contributed by atoms with Crippen LogP contribution in [0.2, 0.25) is 0 Å². The number of fused-ring (bicyclic) bond motifs is 1. The van der Waals surface area contributed by atoms with Gasteiger partial charge in [-0.3, -0.25) is 14.8 Å². The SMILES string of the molecule is CC(C)c1ccc2cc(CN3CCN(C4CCCCCCCCC4)CC3)ccc2n1. The van der Waals surface area contributed by atoms with Crippen molar-refractivity contribution in [3.63, 3.8) is 0 Å². The molecule has 1 aromatic carbocycles. The van der Waals surface area contributed by atoms with E-state index in [9.17, 15) is 0 Å². The lowest BCUT2D eigenvalue weighted by atomic mass is 9.96. The van der Waals surface area contributed by atoms with Crippen molar-refractivity contribution in [1.82, 2.24) is 14.8 Å². The fraction of sp³-hybridized carbons (Fsp3) is 0.667. The number of benzene rings is 1. The highest BCUT2D eigenvalue weighted by Crippen LogP contribution is 2.23. The molecule has 30 heavy (non-hydrogen) atoms. The van der Waals surface area contributed by atoms with Gasteiger partial charge in [-0.05, 0) is 42.5 Å². The van der Waals surface area contributed by atoms with Crippen molar-refractivity contribution in [3.05, 3.63) is 41.6 Å². The van der Waals surface area contributed by atoms with E-state index >= 15 is 0 Å². The molecule has 1 saturated heterocycles. The van der Waals surface area contributed by atoms with Crippen molar-refractivity contribution in [2.24, 2.45) is 0 Å². The second-order valence-corrected chi connectivity index (χ2v) is 9.94. The van der Waals surface area contributed by atoms with Crippen LogP contribution in [0, 0.1) is 0 Å². The standard InChI is InChI=1S/C27H41N3/c1-22(2)26-15-13-24-20-23(12-14-27(24)28-26)21-29-16-18-30(19-17-29)25-10-8-6-4-3-5-7-9-11-25/h12-15,20,22,25H,3-11,16-19,21H2,1-2H3. The maximum atomic E-state index is 4.83. The van der Waals surface area contributed by atoms with Crippen molar-refractivity contribution in [2.75, 3.05) is 26.2 Å². The largest absolute Gasteiger partial charge is 0.298 e. The summed E-state index contributed by atoms with van der Waals surface area (Å²) < 4.78 is 0. The van der Waals surface area contributed by atoms with Gasteiger partial charge < -0.3 is 0 Å². The first kappa shape index (κ1) is 21.8. The van der Waals surface area contributed by atoms with Crippen LogP contribution in [0.1, 0.15) is 88.8 Å². The zero-order chi connectivity index (χ0) is 20.8. The van der Waals surface area contributed by atoms with E-state index in [4.69, 9.17) is 4.98 Å². The van der Waals surface area contributed by atoms with Crippen LogP contribution in [0.3, 0.4) is 0 Å². The Morgan fingerprint density at radius 1 is 0.833 bits per heavy atom. The lowest BCUT2D eigenvalue weighted by molar-refractivity contribution is 0.0813. The maximum Gasteiger partial charge on any atom is 0.0705 e. The van der Waals surface area contributed by atoms with E-state index in [1.54, 1.807) is 0 Å². The molecule has 1 aromatic heterocycles. The molecular weight excluding hydrogens is 366 g/mol. The lowest BCUT2D eigenvalue weighted by Crippen LogP contribution is -2.50. The maximum absolute atomic E-state index is 4.83. The molecule has 3 heteroatoms. The van der Waals surface area contributed by atoms with Gasteiger partial charge in [0.15, 0.2) is 0 Å². The Hall–Kier alpha value is -1.45. The van der Waals surface area contributed by atoms with Crippen LogP contribution in [0.15, 0.2) is 30.3 Å². The van der Waals surface area contributed by atoms with Crippen LogP contribution in [0.5, 0.6) is 0 Å². The van der Waals surface area contributed by atoms with Crippen LogP contribution < -0.4 is 0 Å². The summed E-state index contributed by atoms with van der Waals surface area (Å²) in [6.45, 7) is 10.4. The normalized spacial score (nSPS) is 21.3. The van der Waals surface area contributed by atoms with Gasteiger partial charge in [0.05, 0.1) is 5.52 Å². The zero-order valence-electron chi connectivity index (χ0n) is 19.3. The first-order valence-electron chi connectivity index (χ1n) is 12.5. The van der Waals surface area contributed by atoms with Crippen molar-refractivity contribution in [2.45, 2.75) is 90.1 Å². The summed E-state index contributed by atoms with van der Waals surface area (Å²) in [7, 11) is 0.